The molecule has 4 nitrogen and oxygen atoms in total. The van der Waals surface area contributed by atoms with Crippen molar-refractivity contribution in [1.82, 2.24) is 10.6 Å². The monoisotopic (exact) mass is 340 g/mol. The maximum Gasteiger partial charge on any atom is 0.223 e. The minimum absolute atomic E-state index is 0.0496. The smallest absolute Gasteiger partial charge is 0.223 e. The van der Waals surface area contributed by atoms with E-state index < -0.39 is 0 Å². The molecule has 3 fully saturated rings. The number of amides is 1. The lowest BCUT2D eigenvalue weighted by Gasteiger charge is -2.12. The van der Waals surface area contributed by atoms with Crippen LogP contribution in [0, 0.1) is 11.8 Å². The van der Waals surface area contributed by atoms with Gasteiger partial charge in [-0.2, -0.15) is 0 Å². The van der Waals surface area contributed by atoms with Gasteiger partial charge in [-0.05, 0) is 56.2 Å². The Morgan fingerprint density at radius 3 is 2.92 bits per heavy atom. The first-order valence-corrected chi connectivity index (χ1v) is 9.85. The number of hydrogen-bond donors (Lipinski definition) is 2. The van der Waals surface area contributed by atoms with Crippen LogP contribution in [0.15, 0.2) is 24.3 Å². The van der Waals surface area contributed by atoms with E-state index in [9.17, 15) is 9.59 Å². The third-order valence-electron chi connectivity index (χ3n) is 5.87. The first-order valence-electron chi connectivity index (χ1n) is 9.85. The third kappa shape index (κ3) is 4.30. The molecule has 1 aliphatic heterocycles. The fourth-order valence-corrected chi connectivity index (χ4v) is 3.91. The van der Waals surface area contributed by atoms with Crippen molar-refractivity contribution in [3.05, 3.63) is 35.4 Å². The number of hydrogen-bond acceptors (Lipinski definition) is 3. The Bertz CT molecular complexity index is 653. The molecule has 0 bridgehead atoms. The van der Waals surface area contributed by atoms with Crippen LogP contribution in [0.3, 0.4) is 0 Å². The van der Waals surface area contributed by atoms with Gasteiger partial charge in [-0.15, -0.1) is 0 Å². The van der Waals surface area contributed by atoms with Crippen molar-refractivity contribution >= 4 is 11.7 Å². The van der Waals surface area contributed by atoms with E-state index in [1.54, 1.807) is 0 Å². The summed E-state index contributed by atoms with van der Waals surface area (Å²) in [5, 5.41) is 6.58. The molecule has 1 saturated heterocycles. The summed E-state index contributed by atoms with van der Waals surface area (Å²) >= 11 is 0. The van der Waals surface area contributed by atoms with E-state index in [1.807, 2.05) is 12.1 Å². The Balaban J connectivity index is 1.35. The van der Waals surface area contributed by atoms with Gasteiger partial charge < -0.3 is 10.6 Å². The largest absolute Gasteiger partial charge is 0.356 e. The highest BCUT2D eigenvalue weighted by Crippen LogP contribution is 2.42. The summed E-state index contributed by atoms with van der Waals surface area (Å²) in [5.41, 5.74) is 2.03. The van der Waals surface area contributed by atoms with Gasteiger partial charge in [0.05, 0.1) is 0 Å². The lowest BCUT2D eigenvalue weighted by atomic mass is 9.93. The van der Waals surface area contributed by atoms with Crippen molar-refractivity contribution in [3.8, 4) is 0 Å². The highest BCUT2D eigenvalue weighted by Gasteiger charge is 2.39. The predicted molar refractivity (Wildman–Crippen MR) is 97.6 cm³/mol. The topological polar surface area (TPSA) is 58.2 Å². The summed E-state index contributed by atoms with van der Waals surface area (Å²) in [5.74, 6) is 1.45. The van der Waals surface area contributed by atoms with E-state index in [4.69, 9.17) is 0 Å². The number of benzene rings is 1. The van der Waals surface area contributed by atoms with E-state index in [0.29, 0.717) is 18.4 Å². The summed E-state index contributed by atoms with van der Waals surface area (Å²) in [6.07, 6.45) is 7.13. The van der Waals surface area contributed by atoms with Gasteiger partial charge in [-0.3, -0.25) is 9.59 Å². The summed E-state index contributed by atoms with van der Waals surface area (Å²) < 4.78 is 0. The van der Waals surface area contributed by atoms with Crippen LogP contribution in [0.25, 0.3) is 0 Å². The molecule has 3 atom stereocenters. The van der Waals surface area contributed by atoms with Gasteiger partial charge in [0.15, 0.2) is 5.78 Å². The Morgan fingerprint density at radius 1 is 1.20 bits per heavy atom. The molecular weight excluding hydrogens is 312 g/mol. The molecule has 3 unspecified atom stereocenters. The Hall–Kier alpha value is -1.68. The molecule has 134 valence electrons. The number of carbonyl (C=O) groups excluding carboxylic acids is 2. The predicted octanol–water partition coefficient (Wildman–Crippen LogP) is 3.03. The minimum atomic E-state index is -0.160. The van der Waals surface area contributed by atoms with Gasteiger partial charge in [-0.25, -0.2) is 0 Å². The second-order valence-corrected chi connectivity index (χ2v) is 8.04. The molecule has 0 spiro atoms. The van der Waals surface area contributed by atoms with E-state index >= 15 is 0 Å². The highest BCUT2D eigenvalue weighted by molar-refractivity contribution is 5.98. The zero-order chi connectivity index (χ0) is 17.2. The van der Waals surface area contributed by atoms with Crippen LogP contribution in [0.4, 0.5) is 0 Å². The fourth-order valence-electron chi connectivity index (χ4n) is 3.91. The standard InChI is InChI=1S/C21H28N2O2/c24-20(11-17-4-1-2-9-22-21(17)25)16-6-3-5-15(10-16)18-12-19(18)23-13-14-7-8-14/h3,5-6,10,14,17-19,23H,1-2,4,7-9,11-13H2,(H,22,25). The fraction of sp³-hybridized carbons (Fsp3) is 0.619. The SMILES string of the molecule is O=C(CC1CCCCNC1=O)c1cccc(C2CC2NCC2CC2)c1. The van der Waals surface area contributed by atoms with Crippen LogP contribution in [0.5, 0.6) is 0 Å². The zero-order valence-electron chi connectivity index (χ0n) is 14.8. The lowest BCUT2D eigenvalue weighted by Crippen LogP contribution is -2.30. The van der Waals surface area contributed by atoms with E-state index in [0.717, 1.165) is 43.8 Å². The van der Waals surface area contributed by atoms with Gasteiger partial charge in [0, 0.05) is 36.4 Å². The van der Waals surface area contributed by atoms with Crippen molar-refractivity contribution in [2.24, 2.45) is 11.8 Å². The van der Waals surface area contributed by atoms with E-state index in [-0.39, 0.29) is 17.6 Å². The highest BCUT2D eigenvalue weighted by atomic mass is 16.2. The Kier molecular flexibility index (Phi) is 4.89. The van der Waals surface area contributed by atoms with E-state index in [2.05, 4.69) is 22.8 Å². The molecule has 25 heavy (non-hydrogen) atoms. The molecule has 2 aliphatic carbocycles. The molecule has 0 aromatic heterocycles. The molecule has 2 N–H and O–H groups in total. The second kappa shape index (κ2) is 7.28. The van der Waals surface area contributed by atoms with Crippen molar-refractivity contribution in [2.45, 2.75) is 56.9 Å². The molecule has 4 heteroatoms. The molecule has 1 aromatic rings. The number of nitrogens with one attached hydrogen (secondary N) is 2. The van der Waals surface area contributed by atoms with Crippen LogP contribution in [-0.2, 0) is 4.79 Å². The van der Waals surface area contributed by atoms with Gasteiger partial charge >= 0.3 is 0 Å². The molecular formula is C21H28N2O2. The van der Waals surface area contributed by atoms with Crippen LogP contribution < -0.4 is 10.6 Å². The molecule has 0 radical (unpaired) electrons. The summed E-state index contributed by atoms with van der Waals surface area (Å²) in [6.45, 7) is 1.90. The molecule has 3 aliphatic rings. The maximum atomic E-state index is 12.7. The molecule has 1 amide bonds. The van der Waals surface area contributed by atoms with Crippen molar-refractivity contribution in [2.75, 3.05) is 13.1 Å². The minimum Gasteiger partial charge on any atom is -0.356 e. The number of carbonyl (C=O) groups is 2. The van der Waals surface area contributed by atoms with Crippen LogP contribution in [-0.4, -0.2) is 30.8 Å². The Labute approximate surface area is 149 Å². The maximum absolute atomic E-state index is 12.7. The van der Waals surface area contributed by atoms with Gasteiger partial charge in [0.25, 0.3) is 0 Å². The van der Waals surface area contributed by atoms with Gasteiger partial charge in [0.1, 0.15) is 0 Å². The number of Topliss-reactive ketones (excluding diaryl/α,β-unsaturated/α-hetero) is 1. The lowest BCUT2D eigenvalue weighted by molar-refractivity contribution is -0.124. The van der Waals surface area contributed by atoms with Crippen LogP contribution >= 0.6 is 0 Å². The van der Waals surface area contributed by atoms with Crippen molar-refractivity contribution < 1.29 is 9.59 Å². The number of ketones is 1. The quantitative estimate of drug-likeness (QED) is 0.750. The average Bonchev–Trinajstić information content (AvgIpc) is 3.50. The Morgan fingerprint density at radius 2 is 2.08 bits per heavy atom. The summed E-state index contributed by atoms with van der Waals surface area (Å²) in [7, 11) is 0. The van der Waals surface area contributed by atoms with Crippen LogP contribution in [0.1, 0.15) is 66.8 Å². The molecule has 1 aromatic carbocycles. The van der Waals surface area contributed by atoms with Crippen molar-refractivity contribution in [3.63, 3.8) is 0 Å². The first kappa shape index (κ1) is 16.8. The molecule has 2 saturated carbocycles. The summed E-state index contributed by atoms with van der Waals surface area (Å²) in [6, 6.07) is 8.67. The zero-order valence-corrected chi connectivity index (χ0v) is 14.8. The molecule has 4 rings (SSSR count). The second-order valence-electron chi connectivity index (χ2n) is 8.04. The van der Waals surface area contributed by atoms with E-state index in [1.165, 1.54) is 24.8 Å². The van der Waals surface area contributed by atoms with Gasteiger partial charge in [-0.1, -0.05) is 24.6 Å². The molecule has 1 heterocycles. The number of rotatable bonds is 7. The van der Waals surface area contributed by atoms with Gasteiger partial charge in [0.2, 0.25) is 5.91 Å². The normalized spacial score (nSPS) is 29.0. The summed E-state index contributed by atoms with van der Waals surface area (Å²) in [4.78, 5) is 24.7. The first-order chi connectivity index (χ1) is 12.2. The van der Waals surface area contributed by atoms with Crippen molar-refractivity contribution in [1.29, 1.82) is 0 Å². The van der Waals surface area contributed by atoms with Crippen LogP contribution in [0.2, 0.25) is 0 Å². The average molecular weight is 340 g/mol. The third-order valence-corrected chi connectivity index (χ3v) is 5.87.